The number of carbonyl (C=O) groups excluding carboxylic acids is 3. The maximum absolute atomic E-state index is 11.9. The molecule has 156 valence electrons. The van der Waals surface area contributed by atoms with Crippen LogP contribution in [0, 0.1) is 0 Å². The molecule has 2 amide bonds. The van der Waals surface area contributed by atoms with Crippen molar-refractivity contribution in [2.75, 3.05) is 45.0 Å². The normalized spacial score (nSPS) is 11.6. The van der Waals surface area contributed by atoms with E-state index in [0.29, 0.717) is 31.7 Å². The maximum atomic E-state index is 11.9. The van der Waals surface area contributed by atoms with Gasteiger partial charge in [0.1, 0.15) is 6.23 Å². The molecule has 1 unspecified atom stereocenters. The van der Waals surface area contributed by atoms with E-state index in [9.17, 15) is 19.5 Å². The van der Waals surface area contributed by atoms with Gasteiger partial charge in [0.2, 0.25) is 16.9 Å². The molecule has 0 spiro atoms. The first kappa shape index (κ1) is 24.1. The van der Waals surface area contributed by atoms with Crippen molar-refractivity contribution >= 4 is 28.7 Å². The molecule has 0 aliphatic carbocycles. The van der Waals surface area contributed by atoms with Gasteiger partial charge < -0.3 is 26.8 Å². The Labute approximate surface area is 169 Å². The van der Waals surface area contributed by atoms with E-state index >= 15 is 0 Å². The molecule has 0 aliphatic heterocycles. The topological polar surface area (TPSA) is 146 Å². The zero-order chi connectivity index (χ0) is 20.6. The van der Waals surface area contributed by atoms with Gasteiger partial charge in [-0.3, -0.25) is 19.7 Å². The average molecular weight is 412 g/mol. The summed E-state index contributed by atoms with van der Waals surface area (Å²) in [4.78, 5) is 35.1. The number of hydrogen-bond acceptors (Lipinski definition) is 8. The zero-order valence-electron chi connectivity index (χ0n) is 15.8. The van der Waals surface area contributed by atoms with Gasteiger partial charge in [-0.2, -0.15) is 0 Å². The van der Waals surface area contributed by atoms with E-state index in [0.717, 1.165) is 18.2 Å². The lowest BCUT2D eigenvalue weighted by atomic mass is 10.2. The van der Waals surface area contributed by atoms with Crippen molar-refractivity contribution in [1.82, 2.24) is 21.3 Å². The summed E-state index contributed by atoms with van der Waals surface area (Å²) < 4.78 is 0. The van der Waals surface area contributed by atoms with E-state index in [1.807, 2.05) is 6.07 Å². The van der Waals surface area contributed by atoms with Crippen LogP contribution in [0.3, 0.4) is 0 Å². The van der Waals surface area contributed by atoms with Crippen molar-refractivity contribution in [3.63, 3.8) is 0 Å². The van der Waals surface area contributed by atoms with E-state index in [4.69, 9.17) is 5.73 Å². The van der Waals surface area contributed by atoms with E-state index in [1.165, 1.54) is 0 Å². The molecule has 0 saturated heterocycles. The van der Waals surface area contributed by atoms with Crippen LogP contribution in [0.4, 0.5) is 0 Å². The van der Waals surface area contributed by atoms with Gasteiger partial charge in [-0.15, -0.1) is 0 Å². The molecule has 10 heteroatoms. The number of aliphatic hydroxyl groups is 1. The third-order valence-corrected chi connectivity index (χ3v) is 4.41. The Morgan fingerprint density at radius 3 is 2.50 bits per heavy atom. The van der Waals surface area contributed by atoms with Crippen LogP contribution in [-0.2, 0) is 9.59 Å². The summed E-state index contributed by atoms with van der Waals surface area (Å²) in [5, 5.41) is 20.6. The minimum absolute atomic E-state index is 0.0126. The van der Waals surface area contributed by atoms with Crippen LogP contribution in [0.5, 0.6) is 0 Å². The number of rotatable bonds is 14. The molecule has 1 aromatic rings. The summed E-state index contributed by atoms with van der Waals surface area (Å²) in [5.41, 5.74) is 5.88. The molecule has 0 fully saturated rings. The van der Waals surface area contributed by atoms with Crippen molar-refractivity contribution in [2.45, 2.75) is 12.6 Å². The Kier molecular flexibility index (Phi) is 12.9. The summed E-state index contributed by atoms with van der Waals surface area (Å²) in [6.07, 6.45) is -0.177. The molecular formula is C18H29N5O4S. The number of thioether (sulfide) groups is 1. The molecule has 0 bridgehead atoms. The van der Waals surface area contributed by atoms with Gasteiger partial charge in [0.25, 0.3) is 0 Å². The molecule has 1 aromatic carbocycles. The summed E-state index contributed by atoms with van der Waals surface area (Å²) in [6.45, 7) is 2.21. The Balaban J connectivity index is 2.03. The van der Waals surface area contributed by atoms with Crippen molar-refractivity contribution in [3.05, 3.63) is 35.9 Å². The maximum Gasteiger partial charge on any atom is 0.233 e. The SMILES string of the molecule is NCCCNC(=O)CNCCNC(O)CNC(=O)CSC(=O)c1ccccc1. The molecule has 0 radical (unpaired) electrons. The van der Waals surface area contributed by atoms with Crippen LogP contribution in [0.1, 0.15) is 16.8 Å². The van der Waals surface area contributed by atoms with E-state index in [1.54, 1.807) is 24.3 Å². The van der Waals surface area contributed by atoms with Crippen molar-refractivity contribution in [2.24, 2.45) is 5.73 Å². The third kappa shape index (κ3) is 11.7. The number of hydrogen-bond donors (Lipinski definition) is 6. The van der Waals surface area contributed by atoms with Crippen LogP contribution in [0.15, 0.2) is 30.3 Å². The number of carbonyl (C=O) groups is 3. The smallest absolute Gasteiger partial charge is 0.233 e. The fourth-order valence-electron chi connectivity index (χ4n) is 2.04. The molecule has 28 heavy (non-hydrogen) atoms. The van der Waals surface area contributed by atoms with Crippen molar-refractivity contribution in [1.29, 1.82) is 0 Å². The van der Waals surface area contributed by atoms with Crippen LogP contribution >= 0.6 is 11.8 Å². The molecular weight excluding hydrogens is 382 g/mol. The Hall–Kier alpha value is -1.98. The lowest BCUT2D eigenvalue weighted by Crippen LogP contribution is -2.44. The summed E-state index contributed by atoms with van der Waals surface area (Å²) in [5.74, 6) is -0.451. The molecule has 9 nitrogen and oxygen atoms in total. The Morgan fingerprint density at radius 2 is 1.79 bits per heavy atom. The second-order valence-corrected chi connectivity index (χ2v) is 6.83. The van der Waals surface area contributed by atoms with Gasteiger partial charge in [0, 0.05) is 25.2 Å². The van der Waals surface area contributed by atoms with Crippen LogP contribution in [0.2, 0.25) is 0 Å². The minimum Gasteiger partial charge on any atom is -0.377 e. The first-order valence-corrected chi connectivity index (χ1v) is 10.1. The molecule has 0 aliphatic rings. The van der Waals surface area contributed by atoms with Crippen LogP contribution < -0.4 is 27.0 Å². The molecule has 1 rings (SSSR count). The summed E-state index contributed by atoms with van der Waals surface area (Å²) >= 11 is 0.916. The third-order valence-electron chi connectivity index (χ3n) is 3.51. The Bertz CT molecular complexity index is 603. The summed E-state index contributed by atoms with van der Waals surface area (Å²) in [7, 11) is 0. The fraction of sp³-hybridized carbons (Fsp3) is 0.500. The number of nitrogens with two attached hydrogens (primary N) is 1. The number of aliphatic hydroxyl groups excluding tert-OH is 1. The predicted octanol–water partition coefficient (Wildman–Crippen LogP) is -1.36. The lowest BCUT2D eigenvalue weighted by Gasteiger charge is -2.14. The molecule has 7 N–H and O–H groups in total. The first-order valence-electron chi connectivity index (χ1n) is 9.10. The van der Waals surface area contributed by atoms with Gasteiger partial charge in [-0.1, -0.05) is 42.1 Å². The zero-order valence-corrected chi connectivity index (χ0v) is 16.6. The molecule has 0 saturated carbocycles. The standard InChI is InChI=1S/C18H29N5O4S/c19-7-4-8-21-15(24)11-20-9-10-22-16(25)12-23-17(26)13-28-18(27)14-5-2-1-3-6-14/h1-3,5-6,16,20,22,25H,4,7-13,19H2,(H,21,24)(H,23,26). The largest absolute Gasteiger partial charge is 0.377 e. The highest BCUT2D eigenvalue weighted by molar-refractivity contribution is 8.14. The minimum atomic E-state index is -0.918. The van der Waals surface area contributed by atoms with Crippen LogP contribution in [0.25, 0.3) is 0 Å². The summed E-state index contributed by atoms with van der Waals surface area (Å²) in [6, 6.07) is 8.73. The predicted molar refractivity (Wildman–Crippen MR) is 110 cm³/mol. The van der Waals surface area contributed by atoms with E-state index in [-0.39, 0.29) is 35.8 Å². The first-order chi connectivity index (χ1) is 13.5. The van der Waals surface area contributed by atoms with Gasteiger partial charge >= 0.3 is 0 Å². The van der Waals surface area contributed by atoms with E-state index in [2.05, 4.69) is 21.3 Å². The fourth-order valence-corrected chi connectivity index (χ4v) is 2.71. The molecule has 0 aromatic heterocycles. The molecule has 1 atom stereocenters. The second kappa shape index (κ2) is 15.0. The van der Waals surface area contributed by atoms with Gasteiger partial charge in [0.15, 0.2) is 0 Å². The number of amides is 2. The average Bonchev–Trinajstić information content (AvgIpc) is 2.71. The Morgan fingerprint density at radius 1 is 1.04 bits per heavy atom. The van der Waals surface area contributed by atoms with Gasteiger partial charge in [-0.05, 0) is 13.0 Å². The van der Waals surface area contributed by atoms with Gasteiger partial charge in [-0.25, -0.2) is 0 Å². The number of benzene rings is 1. The van der Waals surface area contributed by atoms with E-state index < -0.39 is 6.23 Å². The lowest BCUT2D eigenvalue weighted by molar-refractivity contribution is -0.120. The number of nitrogens with one attached hydrogen (secondary N) is 4. The van der Waals surface area contributed by atoms with Crippen LogP contribution in [-0.4, -0.2) is 73.3 Å². The van der Waals surface area contributed by atoms with Crippen molar-refractivity contribution < 1.29 is 19.5 Å². The highest BCUT2D eigenvalue weighted by Crippen LogP contribution is 2.11. The highest BCUT2D eigenvalue weighted by atomic mass is 32.2. The highest BCUT2D eigenvalue weighted by Gasteiger charge is 2.11. The monoisotopic (exact) mass is 411 g/mol. The van der Waals surface area contributed by atoms with Crippen molar-refractivity contribution in [3.8, 4) is 0 Å². The second-order valence-electron chi connectivity index (χ2n) is 5.89. The molecule has 0 heterocycles. The van der Waals surface area contributed by atoms with Gasteiger partial charge in [0.05, 0.1) is 18.8 Å². The quantitative estimate of drug-likeness (QED) is 0.163.